The van der Waals surface area contributed by atoms with Crippen molar-refractivity contribution in [3.05, 3.63) is 228 Å². The third-order valence-electron chi connectivity index (χ3n) is 13.2. The number of nitrogens with zero attached hydrogens (tertiary/aromatic N) is 4. The molecule has 6 aromatic rings. The Labute approximate surface area is 439 Å². The fourth-order valence-electron chi connectivity index (χ4n) is 9.65. The number of hydrogen-bond donors (Lipinski definition) is 0. The first kappa shape index (κ1) is 51.9. The zero-order valence-electron chi connectivity index (χ0n) is 40.2. The van der Waals surface area contributed by atoms with Crippen LogP contribution in [-0.4, -0.2) is 35.6 Å². The molecule has 0 aromatic heterocycles. The highest BCUT2D eigenvalue weighted by Crippen LogP contribution is 2.50. The number of sulfonamides is 2. The Morgan fingerprint density at radius 3 is 1.21 bits per heavy atom. The van der Waals surface area contributed by atoms with Crippen LogP contribution in [0.4, 0.5) is 22.7 Å². The minimum absolute atomic E-state index is 0.177. The van der Waals surface area contributed by atoms with Gasteiger partial charge in [0.05, 0.1) is 0 Å². The molecule has 0 bridgehead atoms. The molecular weight excluding hydrogens is 1010 g/mol. The van der Waals surface area contributed by atoms with E-state index >= 15 is 0 Å². The Kier molecular flexibility index (Phi) is 15.3. The molecule has 8 nitrogen and oxygen atoms in total. The number of anilines is 2. The lowest BCUT2D eigenvalue weighted by Gasteiger charge is -2.26. The maximum atomic E-state index is 12.0. The monoisotopic (exact) mass is 1060 g/mol. The predicted molar refractivity (Wildman–Crippen MR) is 297 cm³/mol. The first-order chi connectivity index (χ1) is 33.8. The molecule has 14 heteroatoms. The zero-order chi connectivity index (χ0) is 50.9. The van der Waals surface area contributed by atoms with E-state index in [0.717, 1.165) is 47.4 Å². The summed E-state index contributed by atoms with van der Waals surface area (Å²) in [5.74, 6) is 0. The average Bonchev–Trinajstić information content (AvgIpc) is 3.91. The second kappa shape index (κ2) is 21.0. The van der Waals surface area contributed by atoms with Crippen LogP contribution in [0.25, 0.3) is 4.13 Å². The van der Waals surface area contributed by atoms with Crippen molar-refractivity contribution in [1.29, 1.82) is 0 Å². The summed E-state index contributed by atoms with van der Waals surface area (Å²) in [6, 6.07) is 44.2. The van der Waals surface area contributed by atoms with Gasteiger partial charge in [0.1, 0.15) is 20.0 Å². The van der Waals surface area contributed by atoms with E-state index in [0.29, 0.717) is 10.0 Å². The Morgan fingerprint density at radius 2 is 0.859 bits per heavy atom. The van der Waals surface area contributed by atoms with Crippen molar-refractivity contribution < 1.29 is 16.8 Å². The molecule has 1 aliphatic carbocycles. The van der Waals surface area contributed by atoms with Crippen LogP contribution in [0.2, 0.25) is 20.1 Å². The normalized spacial score (nSPS) is 18.3. The van der Waals surface area contributed by atoms with Crippen LogP contribution in [0.1, 0.15) is 65.5 Å². The van der Waals surface area contributed by atoms with Gasteiger partial charge in [-0.1, -0.05) is 123 Å². The summed E-state index contributed by atoms with van der Waals surface area (Å²) >= 11 is 24.3. The molecule has 71 heavy (non-hydrogen) atoms. The standard InChI is InChI=1S/C45H46Cl2N3.C12H8Cl2NO4S2/c1-7-48-39-25-23-33(46)29-37(39)44(3,4)41(48)27-21-31-19-20-32(43(31)50(35-15-11-9-12-16-35)36-17-13-10-14-18-36)22-28-42-45(5,6)38-30-34(47)24-26-40(38)49(42)8-2;13-9-1-5-11(6-2-9)20(16,17)15-21(18,19)12-7-3-10(14)4-8-12/h9-18,21-30H,7-8,19-20H2,1-6H3;1-8H/q+1;-1. The highest BCUT2D eigenvalue weighted by Gasteiger charge is 2.41. The third kappa shape index (κ3) is 10.7. The van der Waals surface area contributed by atoms with E-state index in [2.05, 4.69) is 169 Å². The van der Waals surface area contributed by atoms with Gasteiger partial charge >= 0.3 is 0 Å². The third-order valence-corrected chi connectivity index (χ3v) is 17.4. The Bertz CT molecular complexity index is 3150. The molecule has 0 spiro atoms. The summed E-state index contributed by atoms with van der Waals surface area (Å²) in [6.07, 6.45) is 11.4. The van der Waals surface area contributed by atoms with E-state index in [1.807, 2.05) is 12.1 Å². The van der Waals surface area contributed by atoms with Crippen LogP contribution in [-0.2, 0) is 30.9 Å². The van der Waals surface area contributed by atoms with Gasteiger partial charge in [-0.15, -0.1) is 0 Å². The predicted octanol–water partition coefficient (Wildman–Crippen LogP) is 15.8. The van der Waals surface area contributed by atoms with Crippen molar-refractivity contribution in [2.24, 2.45) is 0 Å². The summed E-state index contributed by atoms with van der Waals surface area (Å²) in [5, 5.41) is 2.22. The lowest BCUT2D eigenvalue weighted by Crippen LogP contribution is -2.26. The summed E-state index contributed by atoms with van der Waals surface area (Å²) < 4.78 is 53.4. The number of hydrogen-bond acceptors (Lipinski definition) is 6. The smallest absolute Gasteiger partial charge is 0.218 e. The van der Waals surface area contributed by atoms with Gasteiger partial charge in [-0.25, -0.2) is 16.8 Å². The topological polar surface area (TPSA) is 91.9 Å². The van der Waals surface area contributed by atoms with Crippen molar-refractivity contribution in [2.75, 3.05) is 22.9 Å². The first-order valence-electron chi connectivity index (χ1n) is 23.3. The summed E-state index contributed by atoms with van der Waals surface area (Å²) in [5.41, 5.74) is 13.4. The lowest BCUT2D eigenvalue weighted by molar-refractivity contribution is 0.595. The SMILES string of the molecule is CCN1C(=CC=C2CC/C(=C\C=C3\N(CC)c4ccc(Cl)cc4C3(C)C)C2=[N+](c2ccccc2)c2ccccc2)C(C)(C)c2cc(Cl)ccc21.O=S(=O)([N-]S(=O)(=O)c1ccc(Cl)cc1)c1ccc(Cl)cc1. The number of likely N-dealkylation sites (N-methyl/N-ethyl adjacent to an activating group) is 2. The van der Waals surface area contributed by atoms with Crippen molar-refractivity contribution >= 4 is 94.9 Å². The van der Waals surface area contributed by atoms with Crippen molar-refractivity contribution in [2.45, 2.75) is 75.0 Å². The van der Waals surface area contributed by atoms with E-state index < -0.39 is 20.0 Å². The van der Waals surface area contributed by atoms with Gasteiger partial charge in [0.15, 0.2) is 0 Å². The number of rotatable bonds is 10. The van der Waals surface area contributed by atoms with Gasteiger partial charge in [0.25, 0.3) is 0 Å². The molecular formula is C57H54Cl4N4O4S2. The van der Waals surface area contributed by atoms with Gasteiger partial charge in [-0.3, -0.25) is 0 Å². The number of para-hydroxylation sites is 2. The van der Waals surface area contributed by atoms with Crippen LogP contribution >= 0.6 is 46.4 Å². The second-order valence-electron chi connectivity index (χ2n) is 18.3. The molecule has 0 saturated heterocycles. The molecule has 6 aromatic carbocycles. The van der Waals surface area contributed by atoms with E-state index in [1.54, 1.807) is 0 Å². The highest BCUT2D eigenvalue weighted by atomic mass is 35.5. The first-order valence-corrected chi connectivity index (χ1v) is 27.7. The van der Waals surface area contributed by atoms with Crippen molar-refractivity contribution in [1.82, 2.24) is 4.58 Å². The minimum Gasteiger partial charge on any atom is -0.428 e. The zero-order valence-corrected chi connectivity index (χ0v) is 44.9. The van der Waals surface area contributed by atoms with Crippen LogP contribution in [0.3, 0.4) is 0 Å². The molecule has 2 heterocycles. The molecule has 9 rings (SSSR count). The Balaban J connectivity index is 0.000000269. The summed E-state index contributed by atoms with van der Waals surface area (Å²) in [6.45, 7) is 15.5. The molecule has 2 aliphatic heterocycles. The Hall–Kier alpha value is -5.43. The van der Waals surface area contributed by atoms with Crippen LogP contribution in [0, 0.1) is 0 Å². The molecule has 366 valence electrons. The van der Waals surface area contributed by atoms with E-state index in [4.69, 9.17) is 46.4 Å². The quantitative estimate of drug-likeness (QED) is 0.127. The molecule has 3 aliphatic rings. The van der Waals surface area contributed by atoms with Gasteiger partial charge in [0.2, 0.25) is 17.1 Å². The average molecular weight is 1070 g/mol. The van der Waals surface area contributed by atoms with Gasteiger partial charge in [0, 0.05) is 112 Å². The molecule has 0 amide bonds. The van der Waals surface area contributed by atoms with Crippen molar-refractivity contribution in [3.8, 4) is 0 Å². The fourth-order valence-corrected chi connectivity index (χ4v) is 12.9. The fraction of sp³-hybridized carbons (Fsp3) is 0.211. The lowest BCUT2D eigenvalue weighted by atomic mass is 9.83. The maximum Gasteiger partial charge on any atom is 0.218 e. The van der Waals surface area contributed by atoms with Gasteiger partial charge in [-0.05, 0) is 135 Å². The molecule has 1 fully saturated rings. The largest absolute Gasteiger partial charge is 0.428 e. The maximum absolute atomic E-state index is 12.0. The second-order valence-corrected chi connectivity index (χ2v) is 23.5. The summed E-state index contributed by atoms with van der Waals surface area (Å²) in [4.78, 5) is 4.36. The highest BCUT2D eigenvalue weighted by molar-refractivity contribution is 8.12. The van der Waals surface area contributed by atoms with Crippen LogP contribution in [0.5, 0.6) is 0 Å². The number of allylic oxidation sites excluding steroid dienone is 8. The van der Waals surface area contributed by atoms with E-state index in [1.165, 1.54) is 99.3 Å². The molecule has 0 unspecified atom stereocenters. The molecule has 0 N–H and O–H groups in total. The van der Waals surface area contributed by atoms with Crippen LogP contribution in [0.15, 0.2) is 202 Å². The van der Waals surface area contributed by atoms with Gasteiger partial charge < -0.3 is 13.9 Å². The molecule has 0 radical (unpaired) electrons. The Morgan fingerprint density at radius 1 is 0.507 bits per heavy atom. The van der Waals surface area contributed by atoms with E-state index in [-0.39, 0.29) is 20.6 Å². The molecule has 1 saturated carbocycles. The van der Waals surface area contributed by atoms with Crippen molar-refractivity contribution in [3.63, 3.8) is 0 Å². The summed E-state index contributed by atoms with van der Waals surface area (Å²) in [7, 11) is -8.70. The van der Waals surface area contributed by atoms with Gasteiger partial charge in [-0.2, -0.15) is 4.58 Å². The van der Waals surface area contributed by atoms with E-state index in [9.17, 15) is 16.8 Å². The number of halogens is 4. The minimum atomic E-state index is -4.35. The number of fused-ring (bicyclic) bond motifs is 2. The number of benzene rings is 6. The van der Waals surface area contributed by atoms with Crippen LogP contribution < -0.4 is 14.4 Å². The molecule has 0 atom stereocenters.